The molecule has 6 heteroatoms. The van der Waals surface area contributed by atoms with Crippen LogP contribution in [0.25, 0.3) is 0 Å². The van der Waals surface area contributed by atoms with Gasteiger partial charge in [0.25, 0.3) is 0 Å². The van der Waals surface area contributed by atoms with Gasteiger partial charge in [-0.25, -0.2) is 0 Å². The van der Waals surface area contributed by atoms with E-state index in [-0.39, 0.29) is 11.8 Å². The summed E-state index contributed by atoms with van der Waals surface area (Å²) in [5.74, 6) is 0.198. The van der Waals surface area contributed by atoms with Crippen molar-refractivity contribution < 1.29 is 9.59 Å². The van der Waals surface area contributed by atoms with Gasteiger partial charge in [0.15, 0.2) is 0 Å². The fraction of sp³-hybridized carbons (Fsp3) is 0.467. The molecule has 1 heterocycles. The second-order valence-electron chi connectivity index (χ2n) is 5.37. The Bertz CT molecular complexity index is 526. The van der Waals surface area contributed by atoms with Gasteiger partial charge in [0.1, 0.15) is 0 Å². The lowest BCUT2D eigenvalue weighted by atomic mass is 10.1. The Hall–Kier alpha value is -1.75. The Morgan fingerprint density at radius 2 is 1.95 bits per heavy atom. The highest BCUT2D eigenvalue weighted by atomic mass is 35.5. The van der Waals surface area contributed by atoms with Crippen molar-refractivity contribution in [2.45, 2.75) is 13.8 Å². The number of hydrogen-bond donors (Lipinski definition) is 1. The number of carbonyl (C=O) groups is 2. The molecule has 1 N–H and O–H groups in total. The van der Waals surface area contributed by atoms with Crippen molar-refractivity contribution >= 4 is 35.3 Å². The first-order valence-corrected chi connectivity index (χ1v) is 7.44. The standard InChI is InChI=1S/C15H20ClN3O2/c1-11(2)15(21)19-8-6-18(7-9-19)14-12(16)4-3-5-13(14)17-10-20/h3-5,10-11H,6-9H2,1-2H3,(H,17,20). The van der Waals surface area contributed by atoms with Crippen LogP contribution in [0.5, 0.6) is 0 Å². The molecule has 1 aromatic rings. The number of benzene rings is 1. The van der Waals surface area contributed by atoms with Crippen molar-refractivity contribution in [1.82, 2.24) is 4.90 Å². The molecule has 0 radical (unpaired) electrons. The van der Waals surface area contributed by atoms with Gasteiger partial charge in [-0.15, -0.1) is 0 Å². The molecule has 114 valence electrons. The molecule has 1 aliphatic heterocycles. The summed E-state index contributed by atoms with van der Waals surface area (Å²) < 4.78 is 0. The summed E-state index contributed by atoms with van der Waals surface area (Å²) in [7, 11) is 0. The molecule has 0 atom stereocenters. The van der Waals surface area contributed by atoms with Crippen molar-refractivity contribution in [2.24, 2.45) is 5.92 Å². The first-order chi connectivity index (χ1) is 10.0. The third-order valence-electron chi connectivity index (χ3n) is 3.60. The molecule has 0 unspecified atom stereocenters. The normalized spacial score (nSPS) is 15.2. The van der Waals surface area contributed by atoms with E-state index in [0.717, 1.165) is 5.69 Å². The maximum absolute atomic E-state index is 12.0. The lowest BCUT2D eigenvalue weighted by Gasteiger charge is -2.37. The van der Waals surface area contributed by atoms with E-state index < -0.39 is 0 Å². The van der Waals surface area contributed by atoms with E-state index in [1.165, 1.54) is 0 Å². The molecule has 5 nitrogen and oxygen atoms in total. The molecule has 1 aromatic carbocycles. The second-order valence-corrected chi connectivity index (χ2v) is 5.77. The average molecular weight is 310 g/mol. The molecule has 2 rings (SSSR count). The van der Waals surface area contributed by atoms with Gasteiger partial charge in [-0.3, -0.25) is 9.59 Å². The fourth-order valence-corrected chi connectivity index (χ4v) is 2.83. The zero-order valence-electron chi connectivity index (χ0n) is 12.3. The van der Waals surface area contributed by atoms with Gasteiger partial charge in [0.05, 0.1) is 16.4 Å². The molecule has 0 bridgehead atoms. The number of para-hydroxylation sites is 1. The molecule has 21 heavy (non-hydrogen) atoms. The van der Waals surface area contributed by atoms with Crippen molar-refractivity contribution in [1.29, 1.82) is 0 Å². The van der Waals surface area contributed by atoms with Crippen molar-refractivity contribution in [3.63, 3.8) is 0 Å². The van der Waals surface area contributed by atoms with Crippen LogP contribution in [0.4, 0.5) is 11.4 Å². The van der Waals surface area contributed by atoms with Crippen LogP contribution in [0, 0.1) is 5.92 Å². The minimum atomic E-state index is 0.0177. The number of nitrogens with one attached hydrogen (secondary N) is 1. The van der Waals surface area contributed by atoms with Crippen LogP contribution < -0.4 is 10.2 Å². The Morgan fingerprint density at radius 3 is 2.52 bits per heavy atom. The Balaban J connectivity index is 2.12. The summed E-state index contributed by atoms with van der Waals surface area (Å²) in [4.78, 5) is 26.7. The summed E-state index contributed by atoms with van der Waals surface area (Å²) in [6.07, 6.45) is 0.647. The van der Waals surface area contributed by atoms with Crippen LogP contribution >= 0.6 is 11.6 Å². The Labute approximate surface area is 129 Å². The van der Waals surface area contributed by atoms with Gasteiger partial charge in [0.2, 0.25) is 12.3 Å². The summed E-state index contributed by atoms with van der Waals surface area (Å²) in [6.45, 7) is 6.57. The average Bonchev–Trinajstić information content (AvgIpc) is 2.47. The summed E-state index contributed by atoms with van der Waals surface area (Å²) in [5, 5.41) is 3.28. The van der Waals surface area contributed by atoms with Crippen molar-refractivity contribution in [3.05, 3.63) is 23.2 Å². The smallest absolute Gasteiger partial charge is 0.225 e. The van der Waals surface area contributed by atoms with E-state index in [1.54, 1.807) is 12.1 Å². The van der Waals surface area contributed by atoms with E-state index in [1.807, 2.05) is 24.8 Å². The van der Waals surface area contributed by atoms with Crippen molar-refractivity contribution in [3.8, 4) is 0 Å². The monoisotopic (exact) mass is 309 g/mol. The summed E-state index contributed by atoms with van der Waals surface area (Å²) in [5.41, 5.74) is 1.52. The number of amides is 2. The van der Waals surface area contributed by atoms with Crippen LogP contribution in [-0.2, 0) is 9.59 Å². The molecular weight excluding hydrogens is 290 g/mol. The number of anilines is 2. The fourth-order valence-electron chi connectivity index (χ4n) is 2.53. The highest BCUT2D eigenvalue weighted by Gasteiger charge is 2.25. The maximum Gasteiger partial charge on any atom is 0.225 e. The summed E-state index contributed by atoms with van der Waals surface area (Å²) in [6, 6.07) is 5.43. The lowest BCUT2D eigenvalue weighted by molar-refractivity contribution is -0.134. The molecule has 0 aliphatic carbocycles. The highest BCUT2D eigenvalue weighted by Crippen LogP contribution is 2.34. The molecule has 2 amide bonds. The van der Waals surface area contributed by atoms with Gasteiger partial charge in [-0.2, -0.15) is 0 Å². The predicted octanol–water partition coefficient (Wildman–Crippen LogP) is 2.21. The third kappa shape index (κ3) is 3.47. The van der Waals surface area contributed by atoms with Crippen molar-refractivity contribution in [2.75, 3.05) is 36.4 Å². The van der Waals surface area contributed by atoms with Crippen LogP contribution in [0.15, 0.2) is 18.2 Å². The third-order valence-corrected chi connectivity index (χ3v) is 3.91. The molecule has 1 aliphatic rings. The highest BCUT2D eigenvalue weighted by molar-refractivity contribution is 6.34. The molecule has 1 fully saturated rings. The van der Waals surface area contributed by atoms with Crippen LogP contribution in [0.3, 0.4) is 0 Å². The topological polar surface area (TPSA) is 52.7 Å². The molecular formula is C15H20ClN3O2. The van der Waals surface area contributed by atoms with Gasteiger partial charge < -0.3 is 15.1 Å². The van der Waals surface area contributed by atoms with Gasteiger partial charge in [-0.1, -0.05) is 31.5 Å². The number of nitrogens with zero attached hydrogens (tertiary/aromatic N) is 2. The van der Waals surface area contributed by atoms with E-state index in [0.29, 0.717) is 43.3 Å². The molecule has 1 saturated heterocycles. The Morgan fingerprint density at radius 1 is 1.29 bits per heavy atom. The minimum Gasteiger partial charge on any atom is -0.365 e. The number of hydrogen-bond acceptors (Lipinski definition) is 3. The molecule has 0 saturated carbocycles. The largest absolute Gasteiger partial charge is 0.365 e. The van der Waals surface area contributed by atoms with Crippen LogP contribution in [-0.4, -0.2) is 43.4 Å². The Kier molecular flexibility index (Phi) is 5.07. The number of piperazine rings is 1. The zero-order chi connectivity index (χ0) is 15.4. The van der Waals surface area contributed by atoms with E-state index in [2.05, 4.69) is 10.2 Å². The quantitative estimate of drug-likeness (QED) is 0.868. The van der Waals surface area contributed by atoms with Gasteiger partial charge in [-0.05, 0) is 12.1 Å². The van der Waals surface area contributed by atoms with Gasteiger partial charge >= 0.3 is 0 Å². The molecule has 0 aromatic heterocycles. The lowest BCUT2D eigenvalue weighted by Crippen LogP contribution is -2.50. The zero-order valence-corrected chi connectivity index (χ0v) is 13.1. The van der Waals surface area contributed by atoms with E-state index in [4.69, 9.17) is 11.6 Å². The number of rotatable bonds is 4. The maximum atomic E-state index is 12.0. The molecule has 0 spiro atoms. The van der Waals surface area contributed by atoms with Gasteiger partial charge in [0, 0.05) is 32.1 Å². The number of carbonyl (C=O) groups excluding carboxylic acids is 2. The van der Waals surface area contributed by atoms with E-state index in [9.17, 15) is 9.59 Å². The first kappa shape index (κ1) is 15.6. The van der Waals surface area contributed by atoms with Crippen LogP contribution in [0.1, 0.15) is 13.8 Å². The number of halogens is 1. The SMILES string of the molecule is CC(C)C(=O)N1CCN(c2c(Cl)cccc2NC=O)CC1. The predicted molar refractivity (Wildman–Crippen MR) is 84.8 cm³/mol. The second kappa shape index (κ2) is 6.80. The minimum absolute atomic E-state index is 0.0177. The first-order valence-electron chi connectivity index (χ1n) is 7.07. The summed E-state index contributed by atoms with van der Waals surface area (Å²) >= 11 is 6.27. The van der Waals surface area contributed by atoms with Crippen LogP contribution in [0.2, 0.25) is 5.02 Å². The van der Waals surface area contributed by atoms with E-state index >= 15 is 0 Å².